The van der Waals surface area contributed by atoms with Gasteiger partial charge in [-0.05, 0) is 38.5 Å². The fourth-order valence-corrected chi connectivity index (χ4v) is 2.79. The number of halogens is 2. The van der Waals surface area contributed by atoms with Crippen LogP contribution in [0.5, 0.6) is 5.75 Å². The Labute approximate surface area is 176 Å². The van der Waals surface area contributed by atoms with Gasteiger partial charge in [-0.2, -0.15) is 5.10 Å². The first-order valence-electron chi connectivity index (χ1n) is 8.54. The summed E-state index contributed by atoms with van der Waals surface area (Å²) in [6.07, 6.45) is 2.62. The van der Waals surface area contributed by atoms with Crippen LogP contribution in [0.2, 0.25) is 0 Å². The summed E-state index contributed by atoms with van der Waals surface area (Å²) >= 11 is 0. The molecule has 28 heavy (non-hydrogen) atoms. The summed E-state index contributed by atoms with van der Waals surface area (Å²) in [5, 5.41) is 8.01. The molecule has 2 aromatic heterocycles. The molecule has 7 nitrogen and oxygen atoms in total. The number of nitrogens with zero attached hydrogens (tertiary/aromatic N) is 3. The van der Waals surface area contributed by atoms with Crippen molar-refractivity contribution >= 4 is 53.1 Å². The quantitative estimate of drug-likeness (QED) is 0.590. The van der Waals surface area contributed by atoms with Crippen LogP contribution in [-0.2, 0) is 0 Å². The molecule has 3 aromatic rings. The molecule has 0 bridgehead atoms. The van der Waals surface area contributed by atoms with E-state index in [-0.39, 0.29) is 36.8 Å². The number of methoxy groups -OCH3 is 1. The van der Waals surface area contributed by atoms with Gasteiger partial charge in [-0.1, -0.05) is 6.92 Å². The number of nitrogen functional groups attached to an aromatic ring is 1. The van der Waals surface area contributed by atoms with E-state index in [0.717, 1.165) is 17.5 Å². The zero-order valence-electron chi connectivity index (χ0n) is 16.2. The molecule has 3 rings (SSSR count). The van der Waals surface area contributed by atoms with Crippen LogP contribution < -0.4 is 15.8 Å². The standard InChI is InChI=1S/C19H23N5O2.2ClH/c1-5-12(3)24-18-15(10-21-24)14(8-11(2)22-18)19(25)23-17-9-13(26-4)6-7-16(17)20;;/h6-10,12H,5,20H2,1-4H3,(H,23,25);2*1H. The first-order chi connectivity index (χ1) is 12.4. The average Bonchev–Trinajstić information content (AvgIpc) is 3.05. The maximum absolute atomic E-state index is 12.9. The lowest BCUT2D eigenvalue weighted by atomic mass is 10.1. The number of amides is 1. The molecular weight excluding hydrogens is 401 g/mol. The van der Waals surface area contributed by atoms with E-state index in [1.807, 2.05) is 11.6 Å². The number of nitrogens with one attached hydrogen (secondary N) is 1. The van der Waals surface area contributed by atoms with Crippen LogP contribution in [0.25, 0.3) is 11.0 Å². The number of hydrogen-bond acceptors (Lipinski definition) is 5. The van der Waals surface area contributed by atoms with E-state index < -0.39 is 0 Å². The number of carbonyl (C=O) groups is 1. The molecule has 9 heteroatoms. The second-order valence-electron chi connectivity index (χ2n) is 6.30. The zero-order chi connectivity index (χ0) is 18.8. The number of fused-ring (bicyclic) bond motifs is 1. The number of carbonyl (C=O) groups excluding carboxylic acids is 1. The summed E-state index contributed by atoms with van der Waals surface area (Å²) in [7, 11) is 1.57. The van der Waals surface area contributed by atoms with Crippen LogP contribution in [0, 0.1) is 6.92 Å². The minimum absolute atomic E-state index is 0. The number of aryl methyl sites for hydroxylation is 1. The molecule has 0 aliphatic carbocycles. The molecule has 0 radical (unpaired) electrons. The van der Waals surface area contributed by atoms with Gasteiger partial charge >= 0.3 is 0 Å². The third kappa shape index (κ3) is 4.48. The van der Waals surface area contributed by atoms with Gasteiger partial charge in [0, 0.05) is 11.8 Å². The molecule has 0 fully saturated rings. The first-order valence-corrected chi connectivity index (χ1v) is 8.54. The van der Waals surface area contributed by atoms with E-state index in [1.54, 1.807) is 37.6 Å². The molecule has 1 aromatic carbocycles. The van der Waals surface area contributed by atoms with Crippen LogP contribution in [-0.4, -0.2) is 27.8 Å². The Bertz CT molecular complexity index is 974. The second-order valence-corrected chi connectivity index (χ2v) is 6.30. The maximum atomic E-state index is 12.9. The maximum Gasteiger partial charge on any atom is 0.256 e. The van der Waals surface area contributed by atoms with Crippen LogP contribution in [0.4, 0.5) is 11.4 Å². The van der Waals surface area contributed by atoms with Gasteiger partial charge in [-0.3, -0.25) is 4.79 Å². The number of rotatable bonds is 5. The van der Waals surface area contributed by atoms with Crippen LogP contribution in [0.3, 0.4) is 0 Å². The monoisotopic (exact) mass is 425 g/mol. The Morgan fingerprint density at radius 3 is 2.68 bits per heavy atom. The Hall–Kier alpha value is -2.51. The largest absolute Gasteiger partial charge is 0.497 e. The number of pyridine rings is 1. The Morgan fingerprint density at radius 1 is 1.32 bits per heavy atom. The highest BCUT2D eigenvalue weighted by atomic mass is 35.5. The summed E-state index contributed by atoms with van der Waals surface area (Å²) in [6, 6.07) is 7.10. The van der Waals surface area contributed by atoms with Crippen LogP contribution in [0.15, 0.2) is 30.5 Å². The summed E-state index contributed by atoms with van der Waals surface area (Å²) < 4.78 is 7.06. The SMILES string of the molecule is CCC(C)n1ncc2c(C(=O)Nc3cc(OC)ccc3N)cc(C)nc21.Cl.Cl. The fourth-order valence-electron chi connectivity index (χ4n) is 2.79. The van der Waals surface area contributed by atoms with Gasteiger partial charge in [0.05, 0.1) is 41.7 Å². The summed E-state index contributed by atoms with van der Waals surface area (Å²) in [4.78, 5) is 17.5. The van der Waals surface area contributed by atoms with Crippen molar-refractivity contribution in [3.63, 3.8) is 0 Å². The number of ether oxygens (including phenoxy) is 1. The van der Waals surface area contributed by atoms with Gasteiger partial charge in [0.1, 0.15) is 5.75 Å². The lowest BCUT2D eigenvalue weighted by Crippen LogP contribution is -2.15. The summed E-state index contributed by atoms with van der Waals surface area (Å²) in [5.74, 6) is 0.360. The molecular formula is C19H25Cl2N5O2. The van der Waals surface area contributed by atoms with Crippen molar-refractivity contribution in [3.05, 3.63) is 41.7 Å². The van der Waals surface area contributed by atoms with Crippen molar-refractivity contribution in [3.8, 4) is 5.75 Å². The highest BCUT2D eigenvalue weighted by Crippen LogP contribution is 2.27. The molecule has 1 unspecified atom stereocenters. The molecule has 152 valence electrons. The van der Waals surface area contributed by atoms with E-state index in [1.165, 1.54) is 0 Å². The molecule has 1 amide bonds. The Kier molecular flexibility index (Phi) is 8.08. The molecule has 1 atom stereocenters. The van der Waals surface area contributed by atoms with Crippen molar-refractivity contribution in [2.45, 2.75) is 33.2 Å². The van der Waals surface area contributed by atoms with Gasteiger partial charge in [0.15, 0.2) is 5.65 Å². The lowest BCUT2D eigenvalue weighted by Gasteiger charge is -2.12. The van der Waals surface area contributed by atoms with E-state index >= 15 is 0 Å². The van der Waals surface area contributed by atoms with Crippen LogP contribution in [0.1, 0.15) is 42.4 Å². The van der Waals surface area contributed by atoms with E-state index in [4.69, 9.17) is 10.5 Å². The third-order valence-corrected chi connectivity index (χ3v) is 4.46. The summed E-state index contributed by atoms with van der Waals surface area (Å²) in [6.45, 7) is 6.03. The topological polar surface area (TPSA) is 95.1 Å². The number of aromatic nitrogens is 3. The minimum atomic E-state index is -0.260. The minimum Gasteiger partial charge on any atom is -0.497 e. The molecule has 0 aliphatic heterocycles. The normalized spacial score (nSPS) is 11.3. The van der Waals surface area contributed by atoms with Crippen LogP contribution >= 0.6 is 24.8 Å². The number of hydrogen-bond donors (Lipinski definition) is 2. The highest BCUT2D eigenvalue weighted by Gasteiger charge is 2.18. The van der Waals surface area contributed by atoms with Crippen molar-refractivity contribution in [1.29, 1.82) is 0 Å². The third-order valence-electron chi connectivity index (χ3n) is 4.46. The predicted octanol–water partition coefficient (Wildman–Crippen LogP) is 4.40. The highest BCUT2D eigenvalue weighted by molar-refractivity contribution is 6.12. The molecule has 2 heterocycles. The predicted molar refractivity (Wildman–Crippen MR) is 117 cm³/mol. The van der Waals surface area contributed by atoms with Gasteiger partial charge in [-0.15, -0.1) is 24.8 Å². The number of benzene rings is 1. The van der Waals surface area contributed by atoms with E-state index in [9.17, 15) is 4.79 Å². The van der Waals surface area contributed by atoms with Crippen molar-refractivity contribution < 1.29 is 9.53 Å². The smallest absolute Gasteiger partial charge is 0.256 e. The molecule has 0 saturated carbocycles. The zero-order valence-corrected chi connectivity index (χ0v) is 17.9. The summed E-state index contributed by atoms with van der Waals surface area (Å²) in [5.41, 5.74) is 8.94. The van der Waals surface area contributed by atoms with Gasteiger partial charge in [0.25, 0.3) is 5.91 Å². The van der Waals surface area contributed by atoms with E-state index in [2.05, 4.69) is 29.2 Å². The van der Waals surface area contributed by atoms with Gasteiger partial charge in [0.2, 0.25) is 0 Å². The molecule has 3 N–H and O–H groups in total. The average molecular weight is 426 g/mol. The fraction of sp³-hybridized carbons (Fsp3) is 0.316. The van der Waals surface area contributed by atoms with Gasteiger partial charge in [-0.25, -0.2) is 9.67 Å². The lowest BCUT2D eigenvalue weighted by molar-refractivity contribution is 0.102. The first kappa shape index (κ1) is 23.5. The van der Waals surface area contributed by atoms with Crippen molar-refractivity contribution in [2.75, 3.05) is 18.2 Å². The second kappa shape index (κ2) is 9.61. The Balaban J connectivity index is 0.00000196. The van der Waals surface area contributed by atoms with E-state index in [0.29, 0.717) is 28.3 Å². The number of nitrogens with two attached hydrogens (primary N) is 1. The molecule has 0 spiro atoms. The molecule has 0 aliphatic rings. The van der Waals surface area contributed by atoms with Gasteiger partial charge < -0.3 is 15.8 Å². The van der Waals surface area contributed by atoms with Crippen molar-refractivity contribution in [1.82, 2.24) is 14.8 Å². The molecule has 0 saturated heterocycles. The Morgan fingerprint density at radius 2 is 2.04 bits per heavy atom. The number of anilines is 2. The van der Waals surface area contributed by atoms with Crippen molar-refractivity contribution in [2.24, 2.45) is 0 Å².